The van der Waals surface area contributed by atoms with Crippen molar-refractivity contribution in [3.63, 3.8) is 0 Å². The third-order valence-electron chi connectivity index (χ3n) is 5.51. The standard InChI is InChI=1S/C18H33N3/c1-6-14(4)21-10-9-17(20-21)12-16-11-15(13(2)3)7-8-18(16)19-5/h9-10,13-16,18-19H,6-8,11-12H2,1-5H3. The summed E-state index contributed by atoms with van der Waals surface area (Å²) < 4.78 is 2.13. The summed E-state index contributed by atoms with van der Waals surface area (Å²) in [5.41, 5.74) is 1.27. The van der Waals surface area contributed by atoms with Crippen molar-refractivity contribution in [2.24, 2.45) is 17.8 Å². The molecule has 1 aliphatic rings. The van der Waals surface area contributed by atoms with Crippen molar-refractivity contribution in [3.05, 3.63) is 18.0 Å². The first-order valence-corrected chi connectivity index (χ1v) is 8.76. The minimum absolute atomic E-state index is 0.508. The predicted octanol–water partition coefficient (Wildman–Crippen LogP) is 4.06. The highest BCUT2D eigenvalue weighted by atomic mass is 15.3. The van der Waals surface area contributed by atoms with E-state index in [0.29, 0.717) is 12.1 Å². The summed E-state index contributed by atoms with van der Waals surface area (Å²) in [6.45, 7) is 9.21. The molecule has 21 heavy (non-hydrogen) atoms. The molecular formula is C18H33N3. The van der Waals surface area contributed by atoms with Crippen molar-refractivity contribution in [1.29, 1.82) is 0 Å². The molecule has 0 saturated heterocycles. The van der Waals surface area contributed by atoms with Gasteiger partial charge < -0.3 is 5.32 Å². The molecule has 120 valence electrons. The highest BCUT2D eigenvalue weighted by Crippen LogP contribution is 2.35. The number of nitrogens with zero attached hydrogens (tertiary/aromatic N) is 2. The second-order valence-electron chi connectivity index (χ2n) is 7.22. The van der Waals surface area contributed by atoms with Gasteiger partial charge in [-0.25, -0.2) is 0 Å². The molecule has 0 bridgehead atoms. The lowest BCUT2D eigenvalue weighted by Crippen LogP contribution is -2.40. The van der Waals surface area contributed by atoms with E-state index in [2.05, 4.69) is 57.0 Å². The van der Waals surface area contributed by atoms with Crippen molar-refractivity contribution in [3.8, 4) is 0 Å². The van der Waals surface area contributed by atoms with Gasteiger partial charge in [0.1, 0.15) is 0 Å². The van der Waals surface area contributed by atoms with Crippen LogP contribution in [0.1, 0.15) is 65.1 Å². The van der Waals surface area contributed by atoms with Gasteiger partial charge in [-0.3, -0.25) is 4.68 Å². The smallest absolute Gasteiger partial charge is 0.0628 e. The van der Waals surface area contributed by atoms with Crippen molar-refractivity contribution < 1.29 is 0 Å². The number of nitrogens with one attached hydrogen (secondary N) is 1. The zero-order chi connectivity index (χ0) is 15.4. The van der Waals surface area contributed by atoms with Crippen molar-refractivity contribution >= 4 is 0 Å². The van der Waals surface area contributed by atoms with Crippen LogP contribution >= 0.6 is 0 Å². The van der Waals surface area contributed by atoms with E-state index >= 15 is 0 Å². The van der Waals surface area contributed by atoms with Crippen LogP contribution in [0.2, 0.25) is 0 Å². The Kier molecular flexibility index (Phi) is 5.86. The quantitative estimate of drug-likeness (QED) is 0.856. The van der Waals surface area contributed by atoms with Crippen LogP contribution in [0.4, 0.5) is 0 Å². The SMILES string of the molecule is CCC(C)n1ccc(CC2CC(C(C)C)CCC2NC)n1. The molecule has 4 unspecified atom stereocenters. The molecule has 1 aromatic heterocycles. The number of rotatable bonds is 6. The van der Waals surface area contributed by atoms with Crippen LogP contribution in [0.3, 0.4) is 0 Å². The topological polar surface area (TPSA) is 29.9 Å². The molecule has 1 aromatic rings. The van der Waals surface area contributed by atoms with E-state index in [0.717, 1.165) is 30.6 Å². The fraction of sp³-hybridized carbons (Fsp3) is 0.833. The van der Waals surface area contributed by atoms with Gasteiger partial charge in [0, 0.05) is 18.3 Å². The van der Waals surface area contributed by atoms with Crippen LogP contribution in [0.25, 0.3) is 0 Å². The monoisotopic (exact) mass is 291 g/mol. The second kappa shape index (κ2) is 7.44. The summed E-state index contributed by atoms with van der Waals surface area (Å²) in [6.07, 6.45) is 8.45. The fourth-order valence-corrected chi connectivity index (χ4v) is 3.70. The van der Waals surface area contributed by atoms with Gasteiger partial charge in [0.25, 0.3) is 0 Å². The Labute approximate surface area is 130 Å². The maximum Gasteiger partial charge on any atom is 0.0628 e. The average molecular weight is 291 g/mol. The summed E-state index contributed by atoms with van der Waals surface area (Å²) in [5, 5.41) is 8.34. The molecule has 1 fully saturated rings. The Morgan fingerprint density at radius 2 is 2.10 bits per heavy atom. The second-order valence-corrected chi connectivity index (χ2v) is 7.22. The zero-order valence-electron chi connectivity index (χ0n) is 14.5. The highest BCUT2D eigenvalue weighted by molar-refractivity contribution is 5.03. The normalized spacial score (nSPS) is 28.0. The number of hydrogen-bond donors (Lipinski definition) is 1. The van der Waals surface area contributed by atoms with E-state index in [4.69, 9.17) is 5.10 Å². The zero-order valence-corrected chi connectivity index (χ0v) is 14.5. The Bertz CT molecular complexity index is 424. The lowest BCUT2D eigenvalue weighted by atomic mass is 9.72. The molecule has 1 N–H and O–H groups in total. The summed E-state index contributed by atoms with van der Waals surface area (Å²) in [6, 6.07) is 3.39. The largest absolute Gasteiger partial charge is 0.317 e. The molecule has 0 spiro atoms. The Hall–Kier alpha value is -0.830. The molecule has 3 heteroatoms. The van der Waals surface area contributed by atoms with Gasteiger partial charge in [-0.1, -0.05) is 20.8 Å². The van der Waals surface area contributed by atoms with E-state index in [1.54, 1.807) is 0 Å². The molecule has 0 radical (unpaired) electrons. The number of aromatic nitrogens is 2. The Morgan fingerprint density at radius 3 is 2.71 bits per heavy atom. The summed E-state index contributed by atoms with van der Waals surface area (Å²) >= 11 is 0. The van der Waals surface area contributed by atoms with Crippen LogP contribution < -0.4 is 5.32 Å². The van der Waals surface area contributed by atoms with E-state index < -0.39 is 0 Å². The van der Waals surface area contributed by atoms with Crippen LogP contribution in [-0.2, 0) is 6.42 Å². The molecule has 1 aliphatic carbocycles. The molecule has 4 atom stereocenters. The maximum atomic E-state index is 4.80. The van der Waals surface area contributed by atoms with Crippen molar-refractivity contribution in [2.45, 2.75) is 71.9 Å². The van der Waals surface area contributed by atoms with Crippen LogP contribution in [0.5, 0.6) is 0 Å². The molecule has 0 aliphatic heterocycles. The van der Waals surface area contributed by atoms with Gasteiger partial charge in [-0.2, -0.15) is 5.10 Å². The van der Waals surface area contributed by atoms with Crippen LogP contribution in [0, 0.1) is 17.8 Å². The molecule has 2 rings (SSSR count). The minimum Gasteiger partial charge on any atom is -0.317 e. The fourth-order valence-electron chi connectivity index (χ4n) is 3.70. The first kappa shape index (κ1) is 16.5. The first-order valence-electron chi connectivity index (χ1n) is 8.76. The first-order chi connectivity index (χ1) is 10.0. The van der Waals surface area contributed by atoms with Gasteiger partial charge in [-0.05, 0) is 69.9 Å². The van der Waals surface area contributed by atoms with Gasteiger partial charge >= 0.3 is 0 Å². The third kappa shape index (κ3) is 4.09. The van der Waals surface area contributed by atoms with E-state index in [-0.39, 0.29) is 0 Å². The molecule has 0 aromatic carbocycles. The van der Waals surface area contributed by atoms with Crippen molar-refractivity contribution in [2.75, 3.05) is 7.05 Å². The molecule has 1 saturated carbocycles. The van der Waals surface area contributed by atoms with E-state index in [1.807, 2.05) is 0 Å². The Balaban J connectivity index is 2.02. The van der Waals surface area contributed by atoms with E-state index in [1.165, 1.54) is 25.0 Å². The molecule has 1 heterocycles. The van der Waals surface area contributed by atoms with Gasteiger partial charge in [-0.15, -0.1) is 0 Å². The lowest BCUT2D eigenvalue weighted by molar-refractivity contribution is 0.171. The molecule has 0 amide bonds. The van der Waals surface area contributed by atoms with Crippen molar-refractivity contribution in [1.82, 2.24) is 15.1 Å². The van der Waals surface area contributed by atoms with Gasteiger partial charge in [0.05, 0.1) is 5.69 Å². The molecular weight excluding hydrogens is 258 g/mol. The predicted molar refractivity (Wildman–Crippen MR) is 89.4 cm³/mol. The van der Waals surface area contributed by atoms with Gasteiger partial charge in [0.2, 0.25) is 0 Å². The maximum absolute atomic E-state index is 4.80. The van der Waals surface area contributed by atoms with Crippen LogP contribution in [-0.4, -0.2) is 22.9 Å². The third-order valence-corrected chi connectivity index (χ3v) is 5.51. The Morgan fingerprint density at radius 1 is 1.33 bits per heavy atom. The number of hydrogen-bond acceptors (Lipinski definition) is 2. The summed E-state index contributed by atoms with van der Waals surface area (Å²) in [7, 11) is 2.12. The molecule has 3 nitrogen and oxygen atoms in total. The average Bonchev–Trinajstić information content (AvgIpc) is 2.94. The minimum atomic E-state index is 0.508. The lowest BCUT2D eigenvalue weighted by Gasteiger charge is -2.37. The summed E-state index contributed by atoms with van der Waals surface area (Å²) in [5.74, 6) is 2.43. The highest BCUT2D eigenvalue weighted by Gasteiger charge is 2.31. The summed E-state index contributed by atoms with van der Waals surface area (Å²) in [4.78, 5) is 0. The van der Waals surface area contributed by atoms with Crippen LogP contribution in [0.15, 0.2) is 12.3 Å². The van der Waals surface area contributed by atoms with Gasteiger partial charge in [0.15, 0.2) is 0 Å². The van der Waals surface area contributed by atoms with E-state index in [9.17, 15) is 0 Å².